The molecule has 0 saturated carbocycles. The zero-order valence-corrected chi connectivity index (χ0v) is 17.7. The third-order valence-corrected chi connectivity index (χ3v) is 6.00. The van der Waals surface area contributed by atoms with Gasteiger partial charge in [-0.25, -0.2) is 4.98 Å². The molecule has 1 fully saturated rings. The van der Waals surface area contributed by atoms with E-state index in [2.05, 4.69) is 22.1 Å². The summed E-state index contributed by atoms with van der Waals surface area (Å²) in [5, 5.41) is 4.01. The maximum absolute atomic E-state index is 13.1. The second-order valence-corrected chi connectivity index (χ2v) is 8.13. The molecule has 1 aliphatic rings. The lowest BCUT2D eigenvalue weighted by molar-refractivity contribution is 0.0950. The van der Waals surface area contributed by atoms with Gasteiger partial charge in [-0.2, -0.15) is 0 Å². The highest BCUT2D eigenvalue weighted by Crippen LogP contribution is 2.23. The molecule has 1 aromatic carbocycles. The Morgan fingerprint density at radius 1 is 1.03 bits per heavy atom. The average Bonchev–Trinajstić information content (AvgIpc) is 3.08. The molecule has 5 nitrogen and oxygen atoms in total. The summed E-state index contributed by atoms with van der Waals surface area (Å²) in [6, 6.07) is 15.9. The van der Waals surface area contributed by atoms with Crippen molar-refractivity contribution in [1.82, 2.24) is 20.2 Å². The number of para-hydroxylation sites is 1. The number of amides is 1. The smallest absolute Gasteiger partial charge is 0.252 e. The van der Waals surface area contributed by atoms with Crippen LogP contribution in [0, 0.1) is 0 Å². The zero-order valence-electron chi connectivity index (χ0n) is 17.7. The van der Waals surface area contributed by atoms with Gasteiger partial charge in [-0.3, -0.25) is 9.78 Å². The Morgan fingerprint density at radius 2 is 1.80 bits per heavy atom. The number of hydrogen-bond donors (Lipinski definition) is 1. The van der Waals surface area contributed by atoms with E-state index in [9.17, 15) is 4.79 Å². The van der Waals surface area contributed by atoms with Crippen molar-refractivity contribution in [1.29, 1.82) is 0 Å². The summed E-state index contributed by atoms with van der Waals surface area (Å²) >= 11 is 0. The summed E-state index contributed by atoms with van der Waals surface area (Å²) in [4.78, 5) is 24.8. The van der Waals surface area contributed by atoms with Crippen LogP contribution in [-0.2, 0) is 0 Å². The molecule has 30 heavy (non-hydrogen) atoms. The van der Waals surface area contributed by atoms with Crippen molar-refractivity contribution >= 4 is 16.8 Å². The monoisotopic (exact) mass is 402 g/mol. The number of nitrogens with zero attached hydrogens (tertiary/aromatic N) is 3. The van der Waals surface area contributed by atoms with Gasteiger partial charge in [0, 0.05) is 24.2 Å². The van der Waals surface area contributed by atoms with Crippen LogP contribution in [0.4, 0.5) is 0 Å². The predicted octanol–water partition coefficient (Wildman–Crippen LogP) is 4.68. The molecule has 0 unspecified atom stereocenters. The fourth-order valence-electron chi connectivity index (χ4n) is 4.22. The highest BCUT2D eigenvalue weighted by atomic mass is 16.1. The van der Waals surface area contributed by atoms with Crippen LogP contribution in [0.15, 0.2) is 54.7 Å². The third kappa shape index (κ3) is 4.85. The van der Waals surface area contributed by atoms with Gasteiger partial charge in [-0.15, -0.1) is 0 Å². The van der Waals surface area contributed by atoms with Crippen LogP contribution >= 0.6 is 0 Å². The van der Waals surface area contributed by atoms with Crippen LogP contribution < -0.4 is 5.32 Å². The van der Waals surface area contributed by atoms with E-state index in [4.69, 9.17) is 4.98 Å². The quantitative estimate of drug-likeness (QED) is 0.650. The molecule has 0 bridgehead atoms. The van der Waals surface area contributed by atoms with E-state index < -0.39 is 0 Å². The lowest BCUT2D eigenvalue weighted by Crippen LogP contribution is -2.37. The summed E-state index contributed by atoms with van der Waals surface area (Å²) in [6.07, 6.45) is 7.96. The maximum atomic E-state index is 13.1. The molecule has 3 aromatic rings. The van der Waals surface area contributed by atoms with E-state index >= 15 is 0 Å². The molecule has 0 spiro atoms. The maximum Gasteiger partial charge on any atom is 0.252 e. The largest absolute Gasteiger partial charge is 0.352 e. The Hall–Kier alpha value is -2.79. The lowest BCUT2D eigenvalue weighted by atomic mass is 10.1. The molecule has 0 radical (unpaired) electrons. The number of carbonyl (C=O) groups excluding carboxylic acids is 1. The molecule has 4 rings (SSSR count). The van der Waals surface area contributed by atoms with E-state index in [0.29, 0.717) is 18.2 Å². The summed E-state index contributed by atoms with van der Waals surface area (Å²) in [6.45, 7) is 5.31. The molecule has 1 amide bonds. The first-order valence-electron chi connectivity index (χ1n) is 11.1. The molecular formula is C25H30N4O. The van der Waals surface area contributed by atoms with Gasteiger partial charge in [0.05, 0.1) is 22.5 Å². The molecule has 1 atom stereocenters. The van der Waals surface area contributed by atoms with Crippen molar-refractivity contribution in [2.24, 2.45) is 0 Å². The SMILES string of the molecule is C[C@H](CCNC(=O)c1cc(-c2ccccn2)nc2ccccc12)N1CCCCCC1. The molecule has 5 heteroatoms. The minimum Gasteiger partial charge on any atom is -0.352 e. The molecular weight excluding hydrogens is 372 g/mol. The van der Waals surface area contributed by atoms with Gasteiger partial charge in [-0.1, -0.05) is 37.1 Å². The molecule has 3 heterocycles. The highest BCUT2D eigenvalue weighted by molar-refractivity contribution is 6.07. The standard InChI is InChI=1S/C25H30N4O/c1-19(29-16-8-2-3-9-17-29)13-15-27-25(30)21-18-24(23-12-6-7-14-26-23)28-22-11-5-4-10-20(21)22/h4-7,10-12,14,18-19H,2-3,8-9,13,15-17H2,1H3,(H,27,30)/t19-/m1/s1. The molecule has 1 aliphatic heterocycles. The Kier molecular flexibility index (Phi) is 6.70. The minimum atomic E-state index is -0.0474. The van der Waals surface area contributed by atoms with Gasteiger partial charge in [0.15, 0.2) is 0 Å². The number of likely N-dealkylation sites (tertiary alicyclic amines) is 1. The van der Waals surface area contributed by atoms with Crippen molar-refractivity contribution in [2.75, 3.05) is 19.6 Å². The fraction of sp³-hybridized carbons (Fsp3) is 0.400. The van der Waals surface area contributed by atoms with Crippen LogP contribution in [0.2, 0.25) is 0 Å². The van der Waals surface area contributed by atoms with E-state index in [-0.39, 0.29) is 5.91 Å². The van der Waals surface area contributed by atoms with Gasteiger partial charge in [0.2, 0.25) is 0 Å². The minimum absolute atomic E-state index is 0.0474. The Bertz CT molecular complexity index is 981. The number of fused-ring (bicyclic) bond motifs is 1. The second kappa shape index (κ2) is 9.81. The van der Waals surface area contributed by atoms with Gasteiger partial charge >= 0.3 is 0 Å². The number of carbonyl (C=O) groups is 1. The van der Waals surface area contributed by atoms with E-state index in [1.54, 1.807) is 6.20 Å². The van der Waals surface area contributed by atoms with Gasteiger partial charge in [-0.05, 0) is 63.5 Å². The van der Waals surface area contributed by atoms with Gasteiger partial charge in [0.1, 0.15) is 0 Å². The first-order chi connectivity index (χ1) is 14.7. The Balaban J connectivity index is 1.48. The summed E-state index contributed by atoms with van der Waals surface area (Å²) in [7, 11) is 0. The fourth-order valence-corrected chi connectivity index (χ4v) is 4.22. The second-order valence-electron chi connectivity index (χ2n) is 8.13. The summed E-state index contributed by atoms with van der Waals surface area (Å²) in [5.74, 6) is -0.0474. The number of pyridine rings is 2. The average molecular weight is 403 g/mol. The molecule has 0 aliphatic carbocycles. The summed E-state index contributed by atoms with van der Waals surface area (Å²) < 4.78 is 0. The van der Waals surface area contributed by atoms with Crippen LogP contribution in [-0.4, -0.2) is 46.5 Å². The molecule has 156 valence electrons. The van der Waals surface area contributed by atoms with Crippen molar-refractivity contribution in [3.63, 3.8) is 0 Å². The van der Waals surface area contributed by atoms with Gasteiger partial charge in [0.25, 0.3) is 5.91 Å². The number of aromatic nitrogens is 2. The Labute approximate surface area is 178 Å². The zero-order chi connectivity index (χ0) is 20.8. The van der Waals surface area contributed by atoms with Crippen molar-refractivity contribution in [3.8, 4) is 11.4 Å². The van der Waals surface area contributed by atoms with Crippen LogP contribution in [0.1, 0.15) is 49.4 Å². The van der Waals surface area contributed by atoms with Crippen molar-refractivity contribution in [3.05, 3.63) is 60.3 Å². The van der Waals surface area contributed by atoms with E-state index in [0.717, 1.165) is 28.7 Å². The molecule has 1 saturated heterocycles. The van der Waals surface area contributed by atoms with Crippen molar-refractivity contribution < 1.29 is 4.79 Å². The number of nitrogens with one attached hydrogen (secondary N) is 1. The molecule has 1 N–H and O–H groups in total. The van der Waals surface area contributed by atoms with Crippen LogP contribution in [0.3, 0.4) is 0 Å². The van der Waals surface area contributed by atoms with E-state index in [1.165, 1.54) is 38.8 Å². The van der Waals surface area contributed by atoms with Crippen LogP contribution in [0.25, 0.3) is 22.3 Å². The molecule has 2 aromatic heterocycles. The van der Waals surface area contributed by atoms with Crippen molar-refractivity contribution in [2.45, 2.75) is 45.1 Å². The number of hydrogen-bond acceptors (Lipinski definition) is 4. The van der Waals surface area contributed by atoms with Gasteiger partial charge < -0.3 is 10.2 Å². The predicted molar refractivity (Wildman–Crippen MR) is 121 cm³/mol. The normalized spacial score (nSPS) is 16.2. The highest BCUT2D eigenvalue weighted by Gasteiger charge is 2.17. The summed E-state index contributed by atoms with van der Waals surface area (Å²) in [5.41, 5.74) is 2.96. The number of rotatable bonds is 6. The third-order valence-electron chi connectivity index (χ3n) is 6.00. The topological polar surface area (TPSA) is 58.1 Å². The first-order valence-corrected chi connectivity index (χ1v) is 11.1. The van der Waals surface area contributed by atoms with E-state index in [1.807, 2.05) is 48.5 Å². The Morgan fingerprint density at radius 3 is 2.57 bits per heavy atom. The first kappa shape index (κ1) is 20.5. The lowest BCUT2D eigenvalue weighted by Gasteiger charge is -2.27. The van der Waals surface area contributed by atoms with Crippen LogP contribution in [0.5, 0.6) is 0 Å². The number of benzene rings is 1.